The van der Waals surface area contributed by atoms with E-state index in [9.17, 15) is 4.79 Å². The molecule has 0 radical (unpaired) electrons. The Morgan fingerprint density at radius 3 is 2.62 bits per heavy atom. The van der Waals surface area contributed by atoms with Gasteiger partial charge in [-0.1, -0.05) is 18.6 Å². The lowest BCUT2D eigenvalue weighted by molar-refractivity contribution is 0.00993. The second kappa shape index (κ2) is 4.65. The third kappa shape index (κ3) is 2.47. The van der Waals surface area contributed by atoms with Crippen LogP contribution in [-0.2, 0) is 16.7 Å². The Kier molecular flexibility index (Phi) is 3.15. The zero-order valence-electron chi connectivity index (χ0n) is 13.1. The average molecular weight is 288 g/mol. The Labute approximate surface area is 126 Å². The van der Waals surface area contributed by atoms with Gasteiger partial charge >= 0.3 is 6.09 Å². The van der Waals surface area contributed by atoms with Gasteiger partial charge in [0.15, 0.2) is 0 Å². The highest BCUT2D eigenvalue weighted by atomic mass is 16.6. The van der Waals surface area contributed by atoms with E-state index in [2.05, 4.69) is 6.07 Å². The van der Waals surface area contributed by atoms with E-state index in [1.807, 2.05) is 37.8 Å². The predicted molar refractivity (Wildman–Crippen MR) is 83.0 cm³/mol. The van der Waals surface area contributed by atoms with Crippen LogP contribution in [0.1, 0.15) is 51.2 Å². The summed E-state index contributed by atoms with van der Waals surface area (Å²) in [5, 5.41) is 0. The van der Waals surface area contributed by atoms with E-state index in [0.29, 0.717) is 6.54 Å². The number of rotatable bonds is 0. The molecule has 1 heterocycles. The van der Waals surface area contributed by atoms with Crippen LogP contribution in [-0.4, -0.2) is 23.1 Å². The van der Waals surface area contributed by atoms with Crippen molar-refractivity contribution in [2.24, 2.45) is 0 Å². The molecule has 1 aliphatic heterocycles. The highest BCUT2D eigenvalue weighted by Gasteiger charge is 2.47. The number of benzene rings is 1. The van der Waals surface area contributed by atoms with Crippen LogP contribution in [0, 0.1) is 0 Å². The summed E-state index contributed by atoms with van der Waals surface area (Å²) in [4.78, 5) is 14.2. The number of nitrogen functional groups attached to an aromatic ring is 1. The van der Waals surface area contributed by atoms with Gasteiger partial charge in [0.05, 0.1) is 0 Å². The number of fused-ring (bicyclic) bond motifs is 2. The Morgan fingerprint density at radius 1 is 1.33 bits per heavy atom. The molecule has 1 amide bonds. The summed E-state index contributed by atoms with van der Waals surface area (Å²) in [5.41, 5.74) is 9.13. The van der Waals surface area contributed by atoms with Crippen LogP contribution >= 0.6 is 0 Å². The standard InChI is InChI=1S/C17H24N2O2/c1-16(2,3)21-15(20)19-10-12-6-4-7-13(18)14(12)17(11-19)8-5-9-17/h4,6-7H,5,8-11,18H2,1-3H3. The van der Waals surface area contributed by atoms with Gasteiger partial charge in [-0.25, -0.2) is 4.79 Å². The molecule has 1 fully saturated rings. The second-order valence-electron chi connectivity index (χ2n) is 7.35. The Hall–Kier alpha value is -1.71. The zero-order chi connectivity index (χ0) is 15.3. The summed E-state index contributed by atoms with van der Waals surface area (Å²) >= 11 is 0. The molecule has 1 spiro atoms. The summed E-state index contributed by atoms with van der Waals surface area (Å²) in [6.45, 7) is 7.03. The maximum atomic E-state index is 12.4. The van der Waals surface area contributed by atoms with Crippen LogP contribution in [0.2, 0.25) is 0 Å². The molecule has 114 valence electrons. The molecule has 0 atom stereocenters. The third-order valence-corrected chi connectivity index (χ3v) is 4.53. The normalized spacial score (nSPS) is 19.9. The van der Waals surface area contributed by atoms with Gasteiger partial charge < -0.3 is 15.4 Å². The van der Waals surface area contributed by atoms with Crippen molar-refractivity contribution in [2.45, 2.75) is 57.6 Å². The smallest absolute Gasteiger partial charge is 0.410 e. The van der Waals surface area contributed by atoms with E-state index in [1.165, 1.54) is 17.5 Å². The molecule has 0 aromatic heterocycles. The van der Waals surface area contributed by atoms with Crippen molar-refractivity contribution in [3.05, 3.63) is 29.3 Å². The van der Waals surface area contributed by atoms with Crippen LogP contribution in [0.4, 0.5) is 10.5 Å². The summed E-state index contributed by atoms with van der Waals surface area (Å²) in [6, 6.07) is 6.03. The van der Waals surface area contributed by atoms with Gasteiger partial charge in [-0.15, -0.1) is 0 Å². The number of nitrogens with zero attached hydrogens (tertiary/aromatic N) is 1. The lowest BCUT2D eigenvalue weighted by Crippen LogP contribution is -2.52. The number of hydrogen-bond donors (Lipinski definition) is 1. The average Bonchev–Trinajstić information content (AvgIpc) is 2.33. The minimum absolute atomic E-state index is 0.0514. The Bertz CT molecular complexity index is 571. The van der Waals surface area contributed by atoms with E-state index in [0.717, 1.165) is 25.1 Å². The minimum atomic E-state index is -0.458. The number of carbonyl (C=O) groups is 1. The predicted octanol–water partition coefficient (Wildman–Crippen LogP) is 3.44. The van der Waals surface area contributed by atoms with E-state index in [-0.39, 0.29) is 11.5 Å². The molecule has 3 rings (SSSR count). The number of nitrogens with two attached hydrogens (primary N) is 1. The largest absolute Gasteiger partial charge is 0.444 e. The molecular formula is C17H24N2O2. The maximum Gasteiger partial charge on any atom is 0.410 e. The molecule has 1 aliphatic carbocycles. The molecule has 4 heteroatoms. The SMILES string of the molecule is CC(C)(C)OC(=O)N1Cc2cccc(N)c2C2(CCC2)C1. The van der Waals surface area contributed by atoms with Gasteiger partial charge in [-0.2, -0.15) is 0 Å². The Morgan fingerprint density at radius 2 is 2.05 bits per heavy atom. The van der Waals surface area contributed by atoms with E-state index in [4.69, 9.17) is 10.5 Å². The molecule has 1 saturated carbocycles. The van der Waals surface area contributed by atoms with Gasteiger partial charge in [-0.3, -0.25) is 0 Å². The molecule has 1 aromatic carbocycles. The first kappa shape index (κ1) is 14.2. The van der Waals surface area contributed by atoms with Crippen LogP contribution in [0.15, 0.2) is 18.2 Å². The quantitative estimate of drug-likeness (QED) is 0.744. The minimum Gasteiger partial charge on any atom is -0.444 e. The number of hydrogen-bond acceptors (Lipinski definition) is 3. The van der Waals surface area contributed by atoms with E-state index < -0.39 is 5.60 Å². The summed E-state index contributed by atoms with van der Waals surface area (Å²) < 4.78 is 5.54. The summed E-state index contributed by atoms with van der Waals surface area (Å²) in [5.74, 6) is 0. The van der Waals surface area contributed by atoms with Crippen LogP contribution in [0.5, 0.6) is 0 Å². The van der Waals surface area contributed by atoms with Crippen molar-refractivity contribution in [3.8, 4) is 0 Å². The number of amides is 1. The zero-order valence-corrected chi connectivity index (χ0v) is 13.1. The number of carbonyl (C=O) groups excluding carboxylic acids is 1. The molecule has 0 unspecified atom stereocenters. The highest BCUT2D eigenvalue weighted by Crippen LogP contribution is 2.50. The van der Waals surface area contributed by atoms with Crippen molar-refractivity contribution >= 4 is 11.8 Å². The van der Waals surface area contributed by atoms with Crippen molar-refractivity contribution in [1.29, 1.82) is 0 Å². The molecule has 2 aliphatic rings. The van der Waals surface area contributed by atoms with Crippen molar-refractivity contribution in [1.82, 2.24) is 4.90 Å². The molecule has 1 aromatic rings. The van der Waals surface area contributed by atoms with E-state index >= 15 is 0 Å². The fourth-order valence-electron chi connectivity index (χ4n) is 3.57. The van der Waals surface area contributed by atoms with Crippen molar-refractivity contribution in [3.63, 3.8) is 0 Å². The molecule has 4 nitrogen and oxygen atoms in total. The van der Waals surface area contributed by atoms with Crippen molar-refractivity contribution in [2.75, 3.05) is 12.3 Å². The first-order valence-corrected chi connectivity index (χ1v) is 7.67. The molecule has 21 heavy (non-hydrogen) atoms. The van der Waals surface area contributed by atoms with Gasteiger partial charge in [0.2, 0.25) is 0 Å². The third-order valence-electron chi connectivity index (χ3n) is 4.53. The maximum absolute atomic E-state index is 12.4. The first-order chi connectivity index (χ1) is 9.81. The number of anilines is 1. The fourth-order valence-corrected chi connectivity index (χ4v) is 3.57. The van der Waals surface area contributed by atoms with Gasteiger partial charge in [0.1, 0.15) is 5.60 Å². The Balaban J connectivity index is 1.91. The van der Waals surface area contributed by atoms with Crippen LogP contribution < -0.4 is 5.73 Å². The van der Waals surface area contributed by atoms with Crippen molar-refractivity contribution < 1.29 is 9.53 Å². The molecule has 0 bridgehead atoms. The van der Waals surface area contributed by atoms with Crippen LogP contribution in [0.25, 0.3) is 0 Å². The molecule has 0 saturated heterocycles. The van der Waals surface area contributed by atoms with E-state index in [1.54, 1.807) is 0 Å². The van der Waals surface area contributed by atoms with Crippen LogP contribution in [0.3, 0.4) is 0 Å². The lowest BCUT2D eigenvalue weighted by Gasteiger charge is -2.50. The van der Waals surface area contributed by atoms with Gasteiger partial charge in [0.25, 0.3) is 0 Å². The number of ether oxygens (including phenoxy) is 1. The lowest BCUT2D eigenvalue weighted by atomic mass is 9.61. The molecular weight excluding hydrogens is 264 g/mol. The topological polar surface area (TPSA) is 55.6 Å². The fraction of sp³-hybridized carbons (Fsp3) is 0.588. The van der Waals surface area contributed by atoms with Gasteiger partial charge in [0, 0.05) is 24.2 Å². The molecule has 2 N–H and O–H groups in total. The summed E-state index contributed by atoms with van der Waals surface area (Å²) in [6.07, 6.45) is 3.19. The monoisotopic (exact) mass is 288 g/mol. The highest BCUT2D eigenvalue weighted by molar-refractivity contribution is 5.70. The first-order valence-electron chi connectivity index (χ1n) is 7.67. The second-order valence-corrected chi connectivity index (χ2v) is 7.35. The summed E-state index contributed by atoms with van der Waals surface area (Å²) in [7, 11) is 0. The van der Waals surface area contributed by atoms with Gasteiger partial charge in [-0.05, 0) is 50.8 Å².